The lowest BCUT2D eigenvalue weighted by Gasteiger charge is -2.13. The number of hydrogen-bond acceptors (Lipinski definition) is 5. The number of benzene rings is 1. The molecule has 2 aromatic heterocycles. The third-order valence-electron chi connectivity index (χ3n) is 4.48. The molecule has 4 rings (SSSR count). The van der Waals surface area contributed by atoms with E-state index >= 15 is 0 Å². The van der Waals surface area contributed by atoms with Crippen LogP contribution in [-0.4, -0.2) is 36.6 Å². The highest BCUT2D eigenvalue weighted by Gasteiger charge is 2.14. The van der Waals surface area contributed by atoms with E-state index in [0.717, 1.165) is 23.4 Å². The van der Waals surface area contributed by atoms with Crippen LogP contribution in [0.15, 0.2) is 48.5 Å². The lowest BCUT2D eigenvalue weighted by atomic mass is 10.1. The smallest absolute Gasteiger partial charge is 0.257 e. The highest BCUT2D eigenvalue weighted by molar-refractivity contribution is 6.30. The Morgan fingerprint density at radius 3 is 2.82 bits per heavy atom. The molecule has 6 nitrogen and oxygen atoms in total. The van der Waals surface area contributed by atoms with Gasteiger partial charge in [0.1, 0.15) is 22.5 Å². The van der Waals surface area contributed by atoms with Crippen molar-refractivity contribution in [3.63, 3.8) is 0 Å². The highest BCUT2D eigenvalue weighted by Crippen LogP contribution is 2.30. The van der Waals surface area contributed by atoms with E-state index in [1.807, 2.05) is 38.4 Å². The Balaban J connectivity index is 1.58. The minimum Gasteiger partial charge on any atom is -0.493 e. The second-order valence-electron chi connectivity index (χ2n) is 6.71. The lowest BCUT2D eigenvalue weighted by molar-refractivity contribution is 0.102. The molecular formula is C21H19ClN4O2. The van der Waals surface area contributed by atoms with Crippen LogP contribution in [0, 0.1) is 0 Å². The van der Waals surface area contributed by atoms with Crippen LogP contribution in [-0.2, 0) is 6.42 Å². The van der Waals surface area contributed by atoms with Gasteiger partial charge in [-0.25, -0.2) is 9.97 Å². The number of aromatic nitrogens is 2. The normalized spacial score (nSPS) is 12.2. The molecule has 0 radical (unpaired) electrons. The number of carbonyl (C=O) groups is 1. The van der Waals surface area contributed by atoms with Crippen molar-refractivity contribution in [1.82, 2.24) is 9.97 Å². The van der Waals surface area contributed by atoms with Crippen LogP contribution in [0.4, 0.5) is 11.6 Å². The lowest BCUT2D eigenvalue weighted by Crippen LogP contribution is -2.16. The number of fused-ring (bicyclic) bond motifs is 1. The average Bonchev–Trinajstić information content (AvgIpc) is 3.15. The van der Waals surface area contributed by atoms with Gasteiger partial charge in [0, 0.05) is 31.6 Å². The molecular weight excluding hydrogens is 376 g/mol. The second kappa shape index (κ2) is 7.48. The predicted molar refractivity (Wildman–Crippen MR) is 110 cm³/mol. The van der Waals surface area contributed by atoms with Crippen LogP contribution in [0.5, 0.6) is 5.75 Å². The molecule has 1 aliphatic rings. The van der Waals surface area contributed by atoms with Crippen molar-refractivity contribution in [3.8, 4) is 17.0 Å². The summed E-state index contributed by atoms with van der Waals surface area (Å²) in [4.78, 5) is 23.2. The first-order chi connectivity index (χ1) is 13.5. The number of ether oxygens (including phenoxy) is 1. The zero-order valence-corrected chi connectivity index (χ0v) is 16.3. The van der Waals surface area contributed by atoms with Crippen LogP contribution in [0.25, 0.3) is 11.3 Å². The molecule has 0 spiro atoms. The van der Waals surface area contributed by atoms with Crippen LogP contribution in [0.2, 0.25) is 5.15 Å². The largest absolute Gasteiger partial charge is 0.493 e. The summed E-state index contributed by atoms with van der Waals surface area (Å²) in [6.45, 7) is 0.714. The maximum atomic E-state index is 12.7. The molecule has 0 saturated carbocycles. The van der Waals surface area contributed by atoms with Crippen molar-refractivity contribution in [2.24, 2.45) is 0 Å². The molecule has 0 aliphatic carbocycles. The Kier molecular flexibility index (Phi) is 4.88. The summed E-state index contributed by atoms with van der Waals surface area (Å²) in [5.41, 5.74) is 3.37. The Morgan fingerprint density at radius 1 is 1.14 bits per heavy atom. The summed E-state index contributed by atoms with van der Waals surface area (Å²) in [5.74, 6) is 1.72. The number of nitrogens with zero attached hydrogens (tertiary/aromatic N) is 3. The molecule has 7 heteroatoms. The summed E-state index contributed by atoms with van der Waals surface area (Å²) in [6, 6.07) is 14.8. The van der Waals surface area contributed by atoms with Gasteiger partial charge < -0.3 is 15.0 Å². The molecule has 0 unspecified atom stereocenters. The number of carbonyl (C=O) groups excluding carboxylic acids is 1. The third-order valence-corrected chi connectivity index (χ3v) is 4.67. The van der Waals surface area contributed by atoms with Crippen molar-refractivity contribution < 1.29 is 9.53 Å². The predicted octanol–water partition coefficient (Wildman–Crippen LogP) is 4.05. The fourth-order valence-corrected chi connectivity index (χ4v) is 3.25. The van der Waals surface area contributed by atoms with Crippen LogP contribution < -0.4 is 15.0 Å². The summed E-state index contributed by atoms with van der Waals surface area (Å²) < 4.78 is 5.55. The third kappa shape index (κ3) is 3.77. The van der Waals surface area contributed by atoms with Crippen molar-refractivity contribution in [2.45, 2.75) is 6.42 Å². The number of anilines is 2. The number of rotatable bonds is 4. The van der Waals surface area contributed by atoms with E-state index < -0.39 is 0 Å². The van der Waals surface area contributed by atoms with Gasteiger partial charge >= 0.3 is 0 Å². The molecule has 1 aliphatic heterocycles. The van der Waals surface area contributed by atoms with E-state index in [4.69, 9.17) is 16.3 Å². The first-order valence-electron chi connectivity index (χ1n) is 8.89. The fraction of sp³-hybridized carbons (Fsp3) is 0.190. The van der Waals surface area contributed by atoms with Gasteiger partial charge in [-0.2, -0.15) is 0 Å². The van der Waals surface area contributed by atoms with E-state index in [1.54, 1.807) is 17.0 Å². The number of halogens is 1. The van der Waals surface area contributed by atoms with Gasteiger partial charge in [-0.3, -0.25) is 4.79 Å². The molecule has 0 bridgehead atoms. The Morgan fingerprint density at radius 2 is 2.00 bits per heavy atom. The maximum absolute atomic E-state index is 12.7. The second-order valence-corrected chi connectivity index (χ2v) is 7.10. The van der Waals surface area contributed by atoms with E-state index in [0.29, 0.717) is 23.8 Å². The van der Waals surface area contributed by atoms with Gasteiger partial charge in [-0.15, -0.1) is 0 Å². The van der Waals surface area contributed by atoms with Crippen molar-refractivity contribution in [2.75, 3.05) is 30.9 Å². The zero-order chi connectivity index (χ0) is 19.7. The van der Waals surface area contributed by atoms with Gasteiger partial charge in [0.25, 0.3) is 5.91 Å². The van der Waals surface area contributed by atoms with Gasteiger partial charge in [-0.05, 0) is 48.0 Å². The number of amides is 1. The molecule has 0 saturated heterocycles. The molecule has 1 amide bonds. The van der Waals surface area contributed by atoms with Crippen LogP contribution in [0.1, 0.15) is 15.9 Å². The topological polar surface area (TPSA) is 67.4 Å². The van der Waals surface area contributed by atoms with Gasteiger partial charge in [-0.1, -0.05) is 17.7 Å². The SMILES string of the molecule is CN(C)c1cc(C(=O)Nc2cccc(-c3ccc4c(c3)CCO4)n2)cc(Cl)n1. The highest BCUT2D eigenvalue weighted by atomic mass is 35.5. The first kappa shape index (κ1) is 18.3. The van der Waals surface area contributed by atoms with E-state index in [2.05, 4.69) is 21.4 Å². The van der Waals surface area contributed by atoms with Crippen LogP contribution in [0.3, 0.4) is 0 Å². The Labute approximate surface area is 168 Å². The maximum Gasteiger partial charge on any atom is 0.257 e. The monoisotopic (exact) mass is 394 g/mol. The minimum absolute atomic E-state index is 0.262. The van der Waals surface area contributed by atoms with Crippen molar-refractivity contribution in [1.29, 1.82) is 0 Å². The quantitative estimate of drug-likeness (QED) is 0.676. The summed E-state index contributed by atoms with van der Waals surface area (Å²) in [7, 11) is 3.68. The summed E-state index contributed by atoms with van der Waals surface area (Å²) in [6.07, 6.45) is 0.899. The van der Waals surface area contributed by atoms with Gasteiger partial charge in [0.05, 0.1) is 12.3 Å². The molecule has 1 aromatic carbocycles. The van der Waals surface area contributed by atoms with Gasteiger partial charge in [0.15, 0.2) is 0 Å². The minimum atomic E-state index is -0.292. The fourth-order valence-electron chi connectivity index (χ4n) is 3.04. The Bertz CT molecular complexity index is 1050. The molecule has 1 N–H and O–H groups in total. The number of pyridine rings is 2. The van der Waals surface area contributed by atoms with Crippen molar-refractivity contribution >= 4 is 29.1 Å². The number of nitrogens with one attached hydrogen (secondary N) is 1. The standard InChI is InChI=1S/C21H19ClN4O2/c1-26(2)20-12-15(11-18(22)24-20)21(27)25-19-5-3-4-16(23-19)13-6-7-17-14(10-13)8-9-28-17/h3-7,10-12H,8-9H2,1-2H3,(H,23,25,27). The molecule has 0 atom stereocenters. The average molecular weight is 395 g/mol. The van der Waals surface area contributed by atoms with E-state index in [1.165, 1.54) is 11.6 Å². The molecule has 28 heavy (non-hydrogen) atoms. The molecule has 3 heterocycles. The first-order valence-corrected chi connectivity index (χ1v) is 9.27. The molecule has 0 fully saturated rings. The van der Waals surface area contributed by atoms with Crippen LogP contribution >= 0.6 is 11.6 Å². The number of hydrogen-bond donors (Lipinski definition) is 1. The molecule has 142 valence electrons. The Hall–Kier alpha value is -3.12. The van der Waals surface area contributed by atoms with E-state index in [-0.39, 0.29) is 11.1 Å². The molecule has 3 aromatic rings. The summed E-state index contributed by atoms with van der Waals surface area (Å²) in [5, 5.41) is 3.10. The van der Waals surface area contributed by atoms with E-state index in [9.17, 15) is 4.79 Å². The zero-order valence-electron chi connectivity index (χ0n) is 15.6. The van der Waals surface area contributed by atoms with Crippen molar-refractivity contribution in [3.05, 3.63) is 64.8 Å². The summed E-state index contributed by atoms with van der Waals surface area (Å²) >= 11 is 6.05. The van der Waals surface area contributed by atoms with Gasteiger partial charge in [0.2, 0.25) is 0 Å².